The topological polar surface area (TPSA) is 96.0 Å². The van der Waals surface area contributed by atoms with Gasteiger partial charge in [-0.25, -0.2) is 14.8 Å². The third kappa shape index (κ3) is 5.36. The van der Waals surface area contributed by atoms with Crippen LogP contribution < -0.4 is 5.32 Å². The van der Waals surface area contributed by atoms with Crippen LogP contribution in [0.2, 0.25) is 0 Å². The average molecular weight is 412 g/mol. The highest BCUT2D eigenvalue weighted by Gasteiger charge is 2.36. The number of nitrogens with zero attached hydrogens (tertiary/aromatic N) is 4. The number of aromatic amines is 1. The predicted octanol–water partition coefficient (Wildman–Crippen LogP) is 3.70. The summed E-state index contributed by atoms with van der Waals surface area (Å²) in [6.45, 7) is 6.36. The zero-order chi connectivity index (χ0) is 21.2. The van der Waals surface area contributed by atoms with Crippen molar-refractivity contribution < 1.29 is 22.7 Å². The van der Waals surface area contributed by atoms with Crippen molar-refractivity contribution in [1.82, 2.24) is 25.1 Å². The smallest absolute Gasteiger partial charge is 0.419 e. The molecule has 0 saturated carbocycles. The number of aromatic nitrogens is 4. The van der Waals surface area contributed by atoms with Crippen molar-refractivity contribution in [3.8, 4) is 11.3 Å². The lowest BCUT2D eigenvalue weighted by Crippen LogP contribution is -2.44. The maximum absolute atomic E-state index is 13.3. The molecule has 0 spiro atoms. The Morgan fingerprint density at radius 1 is 1.24 bits per heavy atom. The van der Waals surface area contributed by atoms with Crippen molar-refractivity contribution in [3.05, 3.63) is 24.2 Å². The number of hydrogen-bond acceptors (Lipinski definition) is 6. The van der Waals surface area contributed by atoms with Crippen LogP contribution in [0.25, 0.3) is 11.3 Å². The number of halogens is 3. The van der Waals surface area contributed by atoms with E-state index in [2.05, 4.69) is 25.5 Å². The summed E-state index contributed by atoms with van der Waals surface area (Å²) in [6, 6.07) is -0.0670. The van der Waals surface area contributed by atoms with Gasteiger partial charge < -0.3 is 15.0 Å². The summed E-state index contributed by atoms with van der Waals surface area (Å²) in [5.41, 5.74) is -1.51. The van der Waals surface area contributed by atoms with Crippen LogP contribution >= 0.6 is 0 Å². The molecule has 3 rings (SSSR count). The summed E-state index contributed by atoms with van der Waals surface area (Å²) < 4.78 is 45.2. The molecule has 11 heteroatoms. The Hall–Kier alpha value is -2.85. The molecule has 1 fully saturated rings. The molecule has 29 heavy (non-hydrogen) atoms. The first-order chi connectivity index (χ1) is 13.5. The molecule has 1 amide bonds. The van der Waals surface area contributed by atoms with E-state index in [0.717, 1.165) is 6.20 Å². The Labute approximate surface area is 165 Å². The highest BCUT2D eigenvalue weighted by Crippen LogP contribution is 2.35. The minimum absolute atomic E-state index is 0.0670. The Morgan fingerprint density at radius 3 is 2.48 bits per heavy atom. The molecule has 2 N–H and O–H groups in total. The molecule has 0 unspecified atom stereocenters. The molecule has 8 nitrogen and oxygen atoms in total. The highest BCUT2D eigenvalue weighted by atomic mass is 19.4. The Balaban J connectivity index is 1.67. The van der Waals surface area contributed by atoms with Crippen LogP contribution in [0.15, 0.2) is 18.6 Å². The normalized spacial score (nSPS) is 16.0. The summed E-state index contributed by atoms with van der Waals surface area (Å²) in [5.74, 6) is 0.102. The van der Waals surface area contributed by atoms with Crippen LogP contribution in [-0.4, -0.2) is 55.9 Å². The van der Waals surface area contributed by atoms with Gasteiger partial charge in [0, 0.05) is 37.1 Å². The second kappa shape index (κ2) is 7.88. The lowest BCUT2D eigenvalue weighted by atomic mass is 10.1. The number of ether oxygens (including phenoxy) is 1. The molecular weight excluding hydrogens is 389 g/mol. The fourth-order valence-corrected chi connectivity index (χ4v) is 2.97. The van der Waals surface area contributed by atoms with Crippen molar-refractivity contribution in [2.45, 2.75) is 51.4 Å². The van der Waals surface area contributed by atoms with Gasteiger partial charge in [0.05, 0.1) is 11.9 Å². The van der Waals surface area contributed by atoms with E-state index in [1.54, 1.807) is 25.7 Å². The Morgan fingerprint density at radius 2 is 1.93 bits per heavy atom. The number of alkyl halides is 3. The number of carbonyl (C=O) groups excluding carboxylic acids is 1. The van der Waals surface area contributed by atoms with Gasteiger partial charge in [0.1, 0.15) is 11.2 Å². The average Bonchev–Trinajstić information content (AvgIpc) is 3.14. The third-order valence-electron chi connectivity index (χ3n) is 4.35. The van der Waals surface area contributed by atoms with E-state index in [0.29, 0.717) is 25.9 Å². The van der Waals surface area contributed by atoms with E-state index < -0.39 is 17.3 Å². The van der Waals surface area contributed by atoms with E-state index in [1.165, 1.54) is 12.4 Å². The zero-order valence-electron chi connectivity index (χ0n) is 16.4. The van der Waals surface area contributed by atoms with Crippen molar-refractivity contribution in [1.29, 1.82) is 0 Å². The first kappa shape index (κ1) is 20.9. The quantitative estimate of drug-likeness (QED) is 0.798. The SMILES string of the molecule is CC(C)(C)OC(=O)N1CCC(Nc2ncc(C(F)(F)F)c(-c3cn[nH]c3)n2)CC1. The van der Waals surface area contributed by atoms with Crippen molar-refractivity contribution in [3.63, 3.8) is 0 Å². The van der Waals surface area contributed by atoms with Crippen LogP contribution in [0, 0.1) is 0 Å². The number of rotatable bonds is 3. The van der Waals surface area contributed by atoms with E-state index in [9.17, 15) is 18.0 Å². The first-order valence-electron chi connectivity index (χ1n) is 9.21. The van der Waals surface area contributed by atoms with E-state index >= 15 is 0 Å². The molecule has 3 heterocycles. The molecule has 0 atom stereocenters. The first-order valence-corrected chi connectivity index (χ1v) is 9.21. The number of anilines is 1. The van der Waals surface area contributed by atoms with Gasteiger partial charge in [-0.1, -0.05) is 0 Å². The fourth-order valence-electron chi connectivity index (χ4n) is 2.97. The van der Waals surface area contributed by atoms with Crippen molar-refractivity contribution in [2.75, 3.05) is 18.4 Å². The van der Waals surface area contributed by atoms with Gasteiger partial charge in [-0.3, -0.25) is 5.10 Å². The number of carbonyl (C=O) groups is 1. The second-order valence-electron chi connectivity index (χ2n) is 7.83. The van der Waals surface area contributed by atoms with Crippen molar-refractivity contribution in [2.24, 2.45) is 0 Å². The van der Waals surface area contributed by atoms with E-state index in [4.69, 9.17) is 4.74 Å². The highest BCUT2D eigenvalue weighted by molar-refractivity contribution is 5.68. The molecule has 0 bridgehead atoms. The molecule has 0 radical (unpaired) electrons. The maximum atomic E-state index is 13.3. The predicted molar refractivity (Wildman–Crippen MR) is 99.1 cm³/mol. The monoisotopic (exact) mass is 412 g/mol. The third-order valence-corrected chi connectivity index (χ3v) is 4.35. The van der Waals surface area contributed by atoms with Crippen molar-refractivity contribution >= 4 is 12.0 Å². The number of nitrogens with one attached hydrogen (secondary N) is 2. The van der Waals surface area contributed by atoms with Gasteiger partial charge >= 0.3 is 12.3 Å². The summed E-state index contributed by atoms with van der Waals surface area (Å²) >= 11 is 0. The maximum Gasteiger partial charge on any atom is 0.419 e. The second-order valence-corrected chi connectivity index (χ2v) is 7.83. The van der Waals surface area contributed by atoms with Gasteiger partial charge in [0.25, 0.3) is 0 Å². The van der Waals surface area contributed by atoms with Crippen LogP contribution in [0.4, 0.5) is 23.9 Å². The zero-order valence-corrected chi connectivity index (χ0v) is 16.4. The minimum Gasteiger partial charge on any atom is -0.444 e. The molecule has 0 aromatic carbocycles. The Kier molecular flexibility index (Phi) is 5.67. The lowest BCUT2D eigenvalue weighted by molar-refractivity contribution is -0.137. The summed E-state index contributed by atoms with van der Waals surface area (Å²) in [7, 11) is 0. The summed E-state index contributed by atoms with van der Waals surface area (Å²) in [5, 5.41) is 9.26. The minimum atomic E-state index is -4.58. The van der Waals surface area contributed by atoms with E-state index in [-0.39, 0.29) is 29.3 Å². The number of amides is 1. The molecule has 0 aliphatic carbocycles. The molecule has 1 aliphatic heterocycles. The molecule has 158 valence electrons. The van der Waals surface area contributed by atoms with Gasteiger partial charge in [-0.05, 0) is 33.6 Å². The van der Waals surface area contributed by atoms with Gasteiger partial charge in [0.15, 0.2) is 0 Å². The van der Waals surface area contributed by atoms with E-state index in [1.807, 2.05) is 0 Å². The Bertz CT molecular complexity index is 840. The van der Waals surface area contributed by atoms with Crippen LogP contribution in [0.5, 0.6) is 0 Å². The summed E-state index contributed by atoms with van der Waals surface area (Å²) in [4.78, 5) is 21.7. The van der Waals surface area contributed by atoms with Crippen LogP contribution in [0.3, 0.4) is 0 Å². The van der Waals surface area contributed by atoms with Gasteiger partial charge in [-0.15, -0.1) is 0 Å². The molecule has 1 aliphatic rings. The standard InChI is InChI=1S/C18H23F3N6O2/c1-17(2,3)29-16(28)27-6-4-12(5-7-27)25-15-22-10-13(18(19,20)21)14(26-15)11-8-23-24-9-11/h8-10,12H,4-7H2,1-3H3,(H,23,24)(H,22,25,26). The largest absolute Gasteiger partial charge is 0.444 e. The number of piperidine rings is 1. The van der Waals surface area contributed by atoms with Crippen LogP contribution in [0.1, 0.15) is 39.2 Å². The molecule has 2 aromatic rings. The molecule has 1 saturated heterocycles. The number of likely N-dealkylation sites (tertiary alicyclic amines) is 1. The summed E-state index contributed by atoms with van der Waals surface area (Å²) in [6.07, 6.45) is -0.349. The lowest BCUT2D eigenvalue weighted by Gasteiger charge is -2.33. The molecular formula is C18H23F3N6O2. The fraction of sp³-hybridized carbons (Fsp3) is 0.556. The van der Waals surface area contributed by atoms with Gasteiger partial charge in [0.2, 0.25) is 5.95 Å². The van der Waals surface area contributed by atoms with Gasteiger partial charge in [-0.2, -0.15) is 18.3 Å². The van der Waals surface area contributed by atoms with Crippen LogP contribution in [-0.2, 0) is 10.9 Å². The number of hydrogen-bond donors (Lipinski definition) is 2. The number of H-pyrrole nitrogens is 1. The molecule has 2 aromatic heterocycles.